The molecule has 0 saturated carbocycles. The number of benzene rings is 1. The predicted molar refractivity (Wildman–Crippen MR) is 79.8 cm³/mol. The van der Waals surface area contributed by atoms with Crippen LogP contribution in [0, 0.1) is 0 Å². The number of hydrogen-bond acceptors (Lipinski definition) is 7. The Morgan fingerprint density at radius 3 is 2.96 bits per heavy atom. The van der Waals surface area contributed by atoms with Gasteiger partial charge in [0.05, 0.1) is 12.2 Å². The number of aromatic amines is 1. The van der Waals surface area contributed by atoms with Crippen molar-refractivity contribution >= 4 is 11.8 Å². The van der Waals surface area contributed by atoms with Gasteiger partial charge in [0.1, 0.15) is 12.4 Å². The maximum atomic E-state index is 11.8. The lowest BCUT2D eigenvalue weighted by atomic mass is 10.2. The van der Waals surface area contributed by atoms with Crippen LogP contribution in [-0.4, -0.2) is 41.7 Å². The van der Waals surface area contributed by atoms with Gasteiger partial charge < -0.3 is 24.5 Å². The summed E-state index contributed by atoms with van der Waals surface area (Å²) in [6.45, 7) is 0.233. The molecule has 23 heavy (non-hydrogen) atoms. The molecule has 2 unspecified atom stereocenters. The Hall–Kier alpha value is -2.71. The molecule has 0 radical (unpaired) electrons. The van der Waals surface area contributed by atoms with Gasteiger partial charge in [-0.05, 0) is 18.2 Å². The van der Waals surface area contributed by atoms with Crippen LogP contribution in [-0.2, 0) is 14.2 Å². The van der Waals surface area contributed by atoms with Crippen LogP contribution in [0.2, 0.25) is 0 Å². The van der Waals surface area contributed by atoms with Crippen LogP contribution in [0.1, 0.15) is 10.4 Å². The van der Waals surface area contributed by atoms with Crippen LogP contribution in [0.15, 0.2) is 47.4 Å². The molecule has 1 aromatic carbocycles. The number of H-pyrrole nitrogens is 1. The molecule has 120 valence electrons. The Morgan fingerprint density at radius 1 is 1.35 bits per heavy atom. The molecule has 0 spiro atoms. The van der Waals surface area contributed by atoms with Crippen molar-refractivity contribution in [2.24, 2.45) is 0 Å². The number of esters is 1. The lowest BCUT2D eigenvalue weighted by Crippen LogP contribution is -2.26. The number of aromatic nitrogens is 2. The van der Waals surface area contributed by atoms with Crippen molar-refractivity contribution in [3.05, 3.63) is 58.6 Å². The monoisotopic (exact) mass is 317 g/mol. The third-order valence-corrected chi connectivity index (χ3v) is 3.09. The zero-order valence-corrected chi connectivity index (χ0v) is 12.1. The van der Waals surface area contributed by atoms with E-state index in [1.807, 2.05) is 6.07 Å². The van der Waals surface area contributed by atoms with Crippen LogP contribution >= 0.6 is 0 Å². The van der Waals surface area contributed by atoms with Gasteiger partial charge in [0.2, 0.25) is 0 Å². The first kappa shape index (κ1) is 15.2. The Morgan fingerprint density at radius 2 is 2.17 bits per heavy atom. The van der Waals surface area contributed by atoms with Crippen molar-refractivity contribution in [3.63, 3.8) is 0 Å². The summed E-state index contributed by atoms with van der Waals surface area (Å²) in [6, 6.07) is 10.3. The van der Waals surface area contributed by atoms with E-state index in [-0.39, 0.29) is 13.2 Å². The highest BCUT2D eigenvalue weighted by molar-refractivity contribution is 5.89. The smallest absolute Gasteiger partial charge is 0.346 e. The van der Waals surface area contributed by atoms with Crippen molar-refractivity contribution in [1.29, 1.82) is 0 Å². The lowest BCUT2D eigenvalue weighted by molar-refractivity contribution is -0.0895. The fourth-order valence-corrected chi connectivity index (χ4v) is 2.04. The fraction of sp³-hybridized carbons (Fsp3) is 0.267. The van der Waals surface area contributed by atoms with E-state index in [1.165, 1.54) is 6.20 Å². The third kappa shape index (κ3) is 4.15. The van der Waals surface area contributed by atoms with Gasteiger partial charge in [-0.15, -0.1) is 0 Å². The summed E-state index contributed by atoms with van der Waals surface area (Å²) >= 11 is 0. The Bertz CT molecular complexity index is 718. The van der Waals surface area contributed by atoms with E-state index in [0.29, 0.717) is 11.4 Å². The molecule has 8 heteroatoms. The molecule has 0 aliphatic carbocycles. The van der Waals surface area contributed by atoms with Crippen LogP contribution in [0.25, 0.3) is 0 Å². The molecule has 2 heterocycles. The maximum absolute atomic E-state index is 11.8. The molecule has 1 aromatic heterocycles. The van der Waals surface area contributed by atoms with Crippen molar-refractivity contribution < 1.29 is 19.0 Å². The number of carbonyl (C=O) groups is 1. The summed E-state index contributed by atoms with van der Waals surface area (Å²) in [5.41, 5.74) is 0.00939. The molecule has 1 aliphatic rings. The van der Waals surface area contributed by atoms with Crippen LogP contribution < -0.4 is 11.0 Å². The number of anilines is 1. The van der Waals surface area contributed by atoms with Crippen molar-refractivity contribution in [1.82, 2.24) is 9.97 Å². The highest BCUT2D eigenvalue weighted by Crippen LogP contribution is 2.14. The maximum Gasteiger partial charge on any atom is 0.346 e. The van der Waals surface area contributed by atoms with Crippen LogP contribution in [0.5, 0.6) is 0 Å². The molecule has 0 bridgehead atoms. The molecule has 2 aromatic rings. The van der Waals surface area contributed by atoms with Crippen molar-refractivity contribution in [2.75, 3.05) is 18.5 Å². The van der Waals surface area contributed by atoms with E-state index in [0.717, 1.165) is 0 Å². The Balaban J connectivity index is 1.47. The number of ether oxygens (including phenoxy) is 3. The summed E-state index contributed by atoms with van der Waals surface area (Å²) in [5, 5.41) is 2.91. The van der Waals surface area contributed by atoms with Gasteiger partial charge in [0.25, 0.3) is 0 Å². The number of carbonyl (C=O) groups excluding carboxylic acids is 1. The molecule has 1 fully saturated rings. The van der Waals surface area contributed by atoms with Crippen molar-refractivity contribution in [3.8, 4) is 0 Å². The van der Waals surface area contributed by atoms with Gasteiger partial charge in [-0.3, -0.25) is 0 Å². The normalized spacial score (nSPS) is 20.2. The lowest BCUT2D eigenvalue weighted by Gasteiger charge is -2.13. The first-order chi connectivity index (χ1) is 11.2. The summed E-state index contributed by atoms with van der Waals surface area (Å²) in [5.74, 6) is -0.0604. The SMILES string of the molecule is O=C(OCC1OCC(Nc2cc[nH]c(=O)n2)O1)c1ccccc1. The largest absolute Gasteiger partial charge is 0.457 e. The molecule has 8 nitrogen and oxygen atoms in total. The molecular formula is C15H15N3O5. The molecule has 1 aliphatic heterocycles. The van der Waals surface area contributed by atoms with Gasteiger partial charge in [-0.1, -0.05) is 18.2 Å². The minimum atomic E-state index is -0.665. The molecule has 2 atom stereocenters. The third-order valence-electron chi connectivity index (χ3n) is 3.09. The van der Waals surface area contributed by atoms with Crippen LogP contribution in [0.3, 0.4) is 0 Å². The molecule has 0 amide bonds. The molecule has 2 N–H and O–H groups in total. The minimum absolute atomic E-state index is 0.0191. The number of rotatable bonds is 5. The van der Waals surface area contributed by atoms with Gasteiger partial charge >= 0.3 is 11.7 Å². The predicted octanol–water partition coefficient (Wildman–Crippen LogP) is 0.738. The second-order valence-corrected chi connectivity index (χ2v) is 4.78. The topological polar surface area (TPSA) is 103 Å². The first-order valence-corrected chi connectivity index (χ1v) is 7.02. The van der Waals surface area contributed by atoms with Gasteiger partial charge in [0.15, 0.2) is 12.5 Å². The van der Waals surface area contributed by atoms with Crippen LogP contribution in [0.4, 0.5) is 5.82 Å². The van der Waals surface area contributed by atoms with Gasteiger partial charge in [0, 0.05) is 6.20 Å². The average molecular weight is 317 g/mol. The average Bonchev–Trinajstić information content (AvgIpc) is 3.01. The van der Waals surface area contributed by atoms with Gasteiger partial charge in [-0.2, -0.15) is 4.98 Å². The van der Waals surface area contributed by atoms with E-state index < -0.39 is 24.2 Å². The van der Waals surface area contributed by atoms with E-state index in [4.69, 9.17) is 14.2 Å². The zero-order valence-electron chi connectivity index (χ0n) is 12.1. The molecule has 1 saturated heterocycles. The van der Waals surface area contributed by atoms with E-state index >= 15 is 0 Å². The Labute approximate surface area is 131 Å². The zero-order chi connectivity index (χ0) is 16.1. The van der Waals surface area contributed by atoms with E-state index in [1.54, 1.807) is 30.3 Å². The molecular weight excluding hydrogens is 302 g/mol. The van der Waals surface area contributed by atoms with Crippen molar-refractivity contribution in [2.45, 2.75) is 12.5 Å². The summed E-state index contributed by atoms with van der Waals surface area (Å²) in [7, 11) is 0. The van der Waals surface area contributed by atoms with Gasteiger partial charge in [-0.25, -0.2) is 9.59 Å². The number of hydrogen-bond donors (Lipinski definition) is 2. The first-order valence-electron chi connectivity index (χ1n) is 7.02. The second kappa shape index (κ2) is 7.03. The Kier molecular flexibility index (Phi) is 4.65. The number of nitrogens with zero attached hydrogens (tertiary/aromatic N) is 1. The minimum Gasteiger partial charge on any atom is -0.457 e. The van der Waals surface area contributed by atoms with E-state index in [9.17, 15) is 9.59 Å². The molecule has 3 rings (SSSR count). The number of nitrogens with one attached hydrogen (secondary N) is 2. The fourth-order valence-electron chi connectivity index (χ4n) is 2.04. The van der Waals surface area contributed by atoms with E-state index in [2.05, 4.69) is 15.3 Å². The second-order valence-electron chi connectivity index (χ2n) is 4.78. The summed E-state index contributed by atoms with van der Waals surface area (Å²) < 4.78 is 16.0. The quantitative estimate of drug-likeness (QED) is 0.784. The summed E-state index contributed by atoms with van der Waals surface area (Å²) in [6.07, 6.45) is 0.346. The standard InChI is InChI=1S/C15H15N3O5/c19-14(10-4-2-1-3-5-10)22-9-13-21-8-12(23-13)17-11-6-7-16-15(20)18-11/h1-7,12-13H,8-9H2,(H2,16,17,18,20). The summed E-state index contributed by atoms with van der Waals surface area (Å²) in [4.78, 5) is 29.1. The highest BCUT2D eigenvalue weighted by atomic mass is 16.7. The highest BCUT2D eigenvalue weighted by Gasteiger charge is 2.27.